The molecule has 1 aliphatic rings. The Morgan fingerprint density at radius 3 is 2.55 bits per heavy atom. The smallest absolute Gasteiger partial charge is 0.239 e. The van der Waals surface area contributed by atoms with Crippen molar-refractivity contribution in [3.63, 3.8) is 0 Å². The number of hydrogen-bond acceptors (Lipinski definition) is 3. The van der Waals surface area contributed by atoms with Crippen molar-refractivity contribution in [2.45, 2.75) is 51.1 Å². The minimum Gasteiger partial charge on any atom is -0.494 e. The van der Waals surface area contributed by atoms with Crippen molar-refractivity contribution < 1.29 is 9.53 Å². The average molecular weight is 276 g/mol. The monoisotopic (exact) mass is 276 g/mol. The Labute approximate surface area is 120 Å². The standard InChI is InChI=1S/C16H24N2O2/c1-2-11-20-14-9-7-12(8-10-14)15(16(17)19)18-13-5-3-4-6-13/h7-10,13,15,18H,2-6,11H2,1H3,(H2,17,19). The summed E-state index contributed by atoms with van der Waals surface area (Å²) in [6, 6.07) is 7.64. The van der Waals surface area contributed by atoms with Gasteiger partial charge in [-0.15, -0.1) is 0 Å². The molecule has 0 spiro atoms. The summed E-state index contributed by atoms with van der Waals surface area (Å²) in [7, 11) is 0. The van der Waals surface area contributed by atoms with Gasteiger partial charge in [-0.05, 0) is 37.0 Å². The van der Waals surface area contributed by atoms with Gasteiger partial charge in [0.2, 0.25) is 5.91 Å². The molecule has 2 rings (SSSR count). The Kier molecular flexibility index (Phi) is 5.41. The van der Waals surface area contributed by atoms with E-state index in [0.29, 0.717) is 12.6 Å². The van der Waals surface area contributed by atoms with E-state index in [-0.39, 0.29) is 5.91 Å². The molecule has 1 aromatic rings. The first-order chi connectivity index (χ1) is 9.70. The van der Waals surface area contributed by atoms with Gasteiger partial charge in [0.25, 0.3) is 0 Å². The summed E-state index contributed by atoms with van der Waals surface area (Å²) in [6.45, 7) is 2.78. The Morgan fingerprint density at radius 2 is 2.00 bits per heavy atom. The summed E-state index contributed by atoms with van der Waals surface area (Å²) in [6.07, 6.45) is 5.69. The van der Waals surface area contributed by atoms with Crippen LogP contribution in [-0.4, -0.2) is 18.6 Å². The average Bonchev–Trinajstić information content (AvgIpc) is 2.96. The van der Waals surface area contributed by atoms with Crippen LogP contribution in [0.1, 0.15) is 50.6 Å². The van der Waals surface area contributed by atoms with Gasteiger partial charge in [-0.25, -0.2) is 0 Å². The molecule has 0 saturated heterocycles. The fourth-order valence-electron chi connectivity index (χ4n) is 2.65. The number of carbonyl (C=O) groups excluding carboxylic acids is 1. The Bertz CT molecular complexity index is 425. The molecule has 1 amide bonds. The largest absolute Gasteiger partial charge is 0.494 e. The van der Waals surface area contributed by atoms with Gasteiger partial charge in [0, 0.05) is 6.04 Å². The quantitative estimate of drug-likeness (QED) is 0.804. The fraction of sp³-hybridized carbons (Fsp3) is 0.562. The van der Waals surface area contributed by atoms with Gasteiger partial charge in [0.15, 0.2) is 0 Å². The van der Waals surface area contributed by atoms with E-state index in [1.54, 1.807) is 0 Å². The molecule has 20 heavy (non-hydrogen) atoms. The van der Waals surface area contributed by atoms with E-state index in [2.05, 4.69) is 12.2 Å². The summed E-state index contributed by atoms with van der Waals surface area (Å²) in [5.74, 6) is 0.513. The van der Waals surface area contributed by atoms with Crippen molar-refractivity contribution in [3.8, 4) is 5.75 Å². The van der Waals surface area contributed by atoms with Crippen LogP contribution in [-0.2, 0) is 4.79 Å². The molecule has 4 heteroatoms. The fourth-order valence-corrected chi connectivity index (χ4v) is 2.65. The van der Waals surface area contributed by atoms with Crippen molar-refractivity contribution in [1.82, 2.24) is 5.32 Å². The number of rotatable bonds is 7. The molecular formula is C16H24N2O2. The van der Waals surface area contributed by atoms with Crippen LogP contribution < -0.4 is 15.8 Å². The highest BCUT2D eigenvalue weighted by Crippen LogP contribution is 2.23. The highest BCUT2D eigenvalue weighted by atomic mass is 16.5. The minimum atomic E-state index is -0.404. The molecule has 0 radical (unpaired) electrons. The molecule has 0 bridgehead atoms. The van der Waals surface area contributed by atoms with Crippen LogP contribution in [0.25, 0.3) is 0 Å². The van der Waals surface area contributed by atoms with Crippen LogP contribution in [0.5, 0.6) is 5.75 Å². The first-order valence-electron chi connectivity index (χ1n) is 7.49. The molecule has 1 saturated carbocycles. The third kappa shape index (κ3) is 3.97. The van der Waals surface area contributed by atoms with Crippen molar-refractivity contribution in [2.75, 3.05) is 6.61 Å². The van der Waals surface area contributed by atoms with Gasteiger partial charge < -0.3 is 10.5 Å². The van der Waals surface area contributed by atoms with Gasteiger partial charge in [-0.1, -0.05) is 31.9 Å². The molecule has 1 fully saturated rings. The summed E-state index contributed by atoms with van der Waals surface area (Å²) < 4.78 is 5.55. The lowest BCUT2D eigenvalue weighted by Crippen LogP contribution is -2.38. The van der Waals surface area contributed by atoms with E-state index in [4.69, 9.17) is 10.5 Å². The van der Waals surface area contributed by atoms with Crippen LogP contribution in [0.3, 0.4) is 0 Å². The van der Waals surface area contributed by atoms with Crippen LogP contribution in [0.15, 0.2) is 24.3 Å². The number of carbonyl (C=O) groups is 1. The van der Waals surface area contributed by atoms with Gasteiger partial charge in [0.1, 0.15) is 11.8 Å². The van der Waals surface area contributed by atoms with Crippen molar-refractivity contribution >= 4 is 5.91 Å². The number of primary amides is 1. The van der Waals surface area contributed by atoms with E-state index < -0.39 is 6.04 Å². The number of nitrogens with two attached hydrogens (primary N) is 1. The van der Waals surface area contributed by atoms with E-state index in [1.165, 1.54) is 12.8 Å². The van der Waals surface area contributed by atoms with Crippen molar-refractivity contribution in [1.29, 1.82) is 0 Å². The van der Waals surface area contributed by atoms with Crippen LogP contribution >= 0.6 is 0 Å². The zero-order valence-electron chi connectivity index (χ0n) is 12.1. The topological polar surface area (TPSA) is 64.3 Å². The predicted octanol–water partition coefficient (Wildman–Crippen LogP) is 2.53. The molecular weight excluding hydrogens is 252 g/mol. The summed E-state index contributed by atoms with van der Waals surface area (Å²) in [4.78, 5) is 11.7. The number of nitrogens with one attached hydrogen (secondary N) is 1. The second-order valence-corrected chi connectivity index (χ2v) is 5.40. The second kappa shape index (κ2) is 7.29. The lowest BCUT2D eigenvalue weighted by atomic mass is 10.0. The first kappa shape index (κ1) is 14.9. The molecule has 0 aliphatic heterocycles. The molecule has 1 aliphatic carbocycles. The maximum Gasteiger partial charge on any atom is 0.239 e. The summed E-state index contributed by atoms with van der Waals surface area (Å²) in [5, 5.41) is 3.38. The van der Waals surface area contributed by atoms with Gasteiger partial charge in [0.05, 0.1) is 6.61 Å². The Balaban J connectivity index is 2.02. The molecule has 0 heterocycles. The highest BCUT2D eigenvalue weighted by molar-refractivity contribution is 5.81. The van der Waals surface area contributed by atoms with Crippen LogP contribution in [0, 0.1) is 0 Å². The van der Waals surface area contributed by atoms with Crippen molar-refractivity contribution in [2.24, 2.45) is 5.73 Å². The lowest BCUT2D eigenvalue weighted by molar-refractivity contribution is -0.120. The van der Waals surface area contributed by atoms with Gasteiger partial charge in [-0.2, -0.15) is 0 Å². The maximum absolute atomic E-state index is 11.7. The second-order valence-electron chi connectivity index (χ2n) is 5.40. The molecule has 1 atom stereocenters. The maximum atomic E-state index is 11.7. The zero-order chi connectivity index (χ0) is 14.4. The van der Waals surface area contributed by atoms with Gasteiger partial charge in [-0.3, -0.25) is 10.1 Å². The van der Waals surface area contributed by atoms with Crippen LogP contribution in [0.2, 0.25) is 0 Å². The van der Waals surface area contributed by atoms with E-state index in [1.807, 2.05) is 24.3 Å². The van der Waals surface area contributed by atoms with Crippen molar-refractivity contribution in [3.05, 3.63) is 29.8 Å². The minimum absolute atomic E-state index is 0.320. The number of benzene rings is 1. The Hall–Kier alpha value is -1.55. The Morgan fingerprint density at radius 1 is 1.35 bits per heavy atom. The lowest BCUT2D eigenvalue weighted by Gasteiger charge is -2.20. The van der Waals surface area contributed by atoms with Crippen LogP contribution in [0.4, 0.5) is 0 Å². The third-order valence-corrected chi connectivity index (χ3v) is 3.73. The number of ether oxygens (including phenoxy) is 1. The zero-order valence-corrected chi connectivity index (χ0v) is 12.1. The van der Waals surface area contributed by atoms with E-state index in [9.17, 15) is 4.79 Å². The first-order valence-corrected chi connectivity index (χ1v) is 7.49. The molecule has 3 N–H and O–H groups in total. The third-order valence-electron chi connectivity index (χ3n) is 3.73. The van der Waals surface area contributed by atoms with E-state index >= 15 is 0 Å². The number of hydrogen-bond donors (Lipinski definition) is 2. The van der Waals surface area contributed by atoms with Gasteiger partial charge >= 0.3 is 0 Å². The molecule has 1 unspecified atom stereocenters. The molecule has 4 nitrogen and oxygen atoms in total. The number of amides is 1. The highest BCUT2D eigenvalue weighted by Gasteiger charge is 2.23. The molecule has 0 aromatic heterocycles. The SMILES string of the molecule is CCCOc1ccc(C(NC2CCCC2)C(N)=O)cc1. The van der Waals surface area contributed by atoms with E-state index in [0.717, 1.165) is 30.6 Å². The summed E-state index contributed by atoms with van der Waals surface area (Å²) >= 11 is 0. The molecule has 110 valence electrons. The predicted molar refractivity (Wildman–Crippen MR) is 79.6 cm³/mol. The normalized spacial score (nSPS) is 17.1. The summed E-state index contributed by atoms with van der Waals surface area (Å²) in [5.41, 5.74) is 6.44. The molecule has 1 aromatic carbocycles.